The highest BCUT2D eigenvalue weighted by molar-refractivity contribution is 5.89. The number of nitriles is 1. The Balaban J connectivity index is 2.04. The van der Waals surface area contributed by atoms with Gasteiger partial charge in [-0.05, 0) is 43.8 Å². The first-order chi connectivity index (χ1) is 14.8. The number of ether oxygens (including phenoxy) is 1. The third kappa shape index (κ3) is 4.60. The maximum absolute atomic E-state index is 13.7. The number of halogens is 1. The van der Waals surface area contributed by atoms with Gasteiger partial charge < -0.3 is 20.9 Å². The number of benzene rings is 2. The number of rotatable bonds is 7. The Hall–Kier alpha value is -4.03. The molecule has 31 heavy (non-hydrogen) atoms. The Labute approximate surface area is 178 Å². The third-order valence-corrected chi connectivity index (χ3v) is 4.63. The van der Waals surface area contributed by atoms with Gasteiger partial charge in [0.05, 0.1) is 29.1 Å². The molecule has 0 aliphatic heterocycles. The largest absolute Gasteiger partial charge is 0.478 e. The van der Waals surface area contributed by atoms with Crippen LogP contribution in [0.1, 0.15) is 40.1 Å². The number of nitrogens with one attached hydrogen (secondary N) is 1. The van der Waals surface area contributed by atoms with E-state index in [1.165, 1.54) is 12.3 Å². The molecule has 1 atom stereocenters. The van der Waals surface area contributed by atoms with Crippen LogP contribution < -0.4 is 15.8 Å². The first kappa shape index (κ1) is 21.7. The molecule has 9 heteroatoms. The molecule has 0 aliphatic rings. The fourth-order valence-corrected chi connectivity index (χ4v) is 3.22. The second kappa shape index (κ2) is 9.19. The topological polar surface area (TPSA) is 134 Å². The standard InChI is InChI=1S/C22H20FN5O3/c1-12(17-8-15(23)6-7-16(17)22(29)30)31-21-20(25)27-11-18(28-21)19-13(9-24)4-3-5-14(19)10-26-2/h3-8,11-12,26H,10H2,1-2H3,(H2,25,27)(H,29,30). The number of hydrogen-bond donors (Lipinski definition) is 3. The fraction of sp³-hybridized carbons (Fsp3) is 0.182. The van der Waals surface area contributed by atoms with Crippen molar-refractivity contribution in [3.63, 3.8) is 0 Å². The molecule has 0 radical (unpaired) electrons. The summed E-state index contributed by atoms with van der Waals surface area (Å²) >= 11 is 0. The summed E-state index contributed by atoms with van der Waals surface area (Å²) in [7, 11) is 1.78. The predicted octanol–water partition coefficient (Wildman–Crippen LogP) is 3.29. The van der Waals surface area contributed by atoms with Crippen molar-refractivity contribution in [1.29, 1.82) is 5.26 Å². The fourth-order valence-electron chi connectivity index (χ4n) is 3.22. The zero-order valence-corrected chi connectivity index (χ0v) is 16.9. The van der Waals surface area contributed by atoms with Crippen LogP contribution in [0.5, 0.6) is 5.88 Å². The molecule has 1 unspecified atom stereocenters. The molecule has 1 aromatic heterocycles. The minimum absolute atomic E-state index is 0.0199. The molecular formula is C22H20FN5O3. The number of aromatic nitrogens is 2. The number of nitrogen functional groups attached to an aromatic ring is 1. The number of carboxylic acids is 1. The van der Waals surface area contributed by atoms with Crippen molar-refractivity contribution in [2.75, 3.05) is 12.8 Å². The van der Waals surface area contributed by atoms with Crippen molar-refractivity contribution in [1.82, 2.24) is 15.3 Å². The molecule has 158 valence electrons. The van der Waals surface area contributed by atoms with Crippen LogP contribution in [-0.4, -0.2) is 28.1 Å². The molecule has 4 N–H and O–H groups in total. The Morgan fingerprint density at radius 1 is 1.39 bits per heavy atom. The Morgan fingerprint density at radius 3 is 2.84 bits per heavy atom. The first-order valence-corrected chi connectivity index (χ1v) is 9.34. The van der Waals surface area contributed by atoms with E-state index in [2.05, 4.69) is 21.4 Å². The molecule has 0 aliphatic carbocycles. The summed E-state index contributed by atoms with van der Waals surface area (Å²) in [5, 5.41) is 22.0. The van der Waals surface area contributed by atoms with Gasteiger partial charge in [-0.25, -0.2) is 19.2 Å². The first-order valence-electron chi connectivity index (χ1n) is 9.34. The van der Waals surface area contributed by atoms with E-state index in [1.54, 1.807) is 26.1 Å². The molecule has 0 spiro atoms. The average molecular weight is 421 g/mol. The van der Waals surface area contributed by atoms with Crippen molar-refractivity contribution in [3.05, 3.63) is 70.7 Å². The lowest BCUT2D eigenvalue weighted by Gasteiger charge is -2.18. The second-order valence-corrected chi connectivity index (χ2v) is 6.72. The lowest BCUT2D eigenvalue weighted by atomic mass is 9.99. The van der Waals surface area contributed by atoms with Gasteiger partial charge in [0, 0.05) is 17.7 Å². The van der Waals surface area contributed by atoms with E-state index in [4.69, 9.17) is 10.5 Å². The SMILES string of the molecule is CNCc1cccc(C#N)c1-c1cnc(N)c(OC(C)c2cc(F)ccc2C(=O)O)n1. The number of carbonyl (C=O) groups is 1. The summed E-state index contributed by atoms with van der Waals surface area (Å²) in [5.74, 6) is -1.87. The van der Waals surface area contributed by atoms with E-state index in [1.807, 2.05) is 6.07 Å². The van der Waals surface area contributed by atoms with E-state index in [9.17, 15) is 19.6 Å². The number of hydrogen-bond acceptors (Lipinski definition) is 7. The van der Waals surface area contributed by atoms with E-state index in [-0.39, 0.29) is 22.8 Å². The average Bonchev–Trinajstić information content (AvgIpc) is 2.75. The lowest BCUT2D eigenvalue weighted by Crippen LogP contribution is -2.13. The molecule has 0 bridgehead atoms. The van der Waals surface area contributed by atoms with Crippen molar-refractivity contribution >= 4 is 11.8 Å². The van der Waals surface area contributed by atoms with E-state index in [0.29, 0.717) is 23.4 Å². The minimum Gasteiger partial charge on any atom is -0.478 e. The predicted molar refractivity (Wildman–Crippen MR) is 112 cm³/mol. The molecule has 8 nitrogen and oxygen atoms in total. The maximum Gasteiger partial charge on any atom is 0.336 e. The molecule has 0 saturated carbocycles. The van der Waals surface area contributed by atoms with Crippen molar-refractivity contribution in [2.45, 2.75) is 19.6 Å². The van der Waals surface area contributed by atoms with Gasteiger partial charge in [0.15, 0.2) is 5.82 Å². The molecular weight excluding hydrogens is 401 g/mol. The molecule has 1 heterocycles. The highest BCUT2D eigenvalue weighted by atomic mass is 19.1. The van der Waals surface area contributed by atoms with Crippen LogP contribution in [0.3, 0.4) is 0 Å². The summed E-state index contributed by atoms with van der Waals surface area (Å²) in [6.45, 7) is 2.05. The second-order valence-electron chi connectivity index (χ2n) is 6.72. The Morgan fingerprint density at radius 2 is 2.16 bits per heavy atom. The van der Waals surface area contributed by atoms with Crippen molar-refractivity contribution in [3.8, 4) is 23.2 Å². The monoisotopic (exact) mass is 421 g/mol. The molecule has 0 amide bonds. The molecule has 3 rings (SSSR count). The summed E-state index contributed by atoms with van der Waals surface area (Å²) in [4.78, 5) is 20.0. The number of carboxylic acid groups (broad SMARTS) is 1. The molecule has 0 saturated heterocycles. The Bertz CT molecular complexity index is 1180. The maximum atomic E-state index is 13.7. The van der Waals surface area contributed by atoms with Gasteiger partial charge in [-0.2, -0.15) is 5.26 Å². The van der Waals surface area contributed by atoms with Crippen LogP contribution >= 0.6 is 0 Å². The van der Waals surface area contributed by atoms with Crippen molar-refractivity contribution < 1.29 is 19.0 Å². The van der Waals surface area contributed by atoms with E-state index >= 15 is 0 Å². The van der Waals surface area contributed by atoms with Gasteiger partial charge in [-0.1, -0.05) is 12.1 Å². The zero-order valence-electron chi connectivity index (χ0n) is 16.9. The van der Waals surface area contributed by atoms with Gasteiger partial charge in [0.2, 0.25) is 0 Å². The molecule has 2 aromatic carbocycles. The quantitative estimate of drug-likeness (QED) is 0.529. The number of nitrogens with zero attached hydrogens (tertiary/aromatic N) is 3. The van der Waals surface area contributed by atoms with E-state index < -0.39 is 17.9 Å². The molecule has 0 fully saturated rings. The van der Waals surface area contributed by atoms with Gasteiger partial charge in [0.1, 0.15) is 11.9 Å². The van der Waals surface area contributed by atoms with Crippen LogP contribution in [0, 0.1) is 17.1 Å². The number of aromatic carboxylic acids is 1. The summed E-state index contributed by atoms with van der Waals surface area (Å²) in [6, 6.07) is 10.8. The smallest absolute Gasteiger partial charge is 0.336 e. The normalized spacial score (nSPS) is 11.5. The third-order valence-electron chi connectivity index (χ3n) is 4.63. The Kier molecular flexibility index (Phi) is 6.43. The zero-order chi connectivity index (χ0) is 22.5. The van der Waals surface area contributed by atoms with Gasteiger partial charge in [0.25, 0.3) is 5.88 Å². The summed E-state index contributed by atoms with van der Waals surface area (Å²) in [6.07, 6.45) is 0.559. The summed E-state index contributed by atoms with van der Waals surface area (Å²) in [5.41, 5.74) is 8.15. The lowest BCUT2D eigenvalue weighted by molar-refractivity contribution is 0.0691. The number of anilines is 1. The molecule has 3 aromatic rings. The minimum atomic E-state index is -1.21. The van der Waals surface area contributed by atoms with Gasteiger partial charge >= 0.3 is 5.97 Å². The highest BCUT2D eigenvalue weighted by Gasteiger charge is 2.21. The van der Waals surface area contributed by atoms with Crippen molar-refractivity contribution in [2.24, 2.45) is 0 Å². The van der Waals surface area contributed by atoms with E-state index in [0.717, 1.165) is 17.7 Å². The highest BCUT2D eigenvalue weighted by Crippen LogP contribution is 2.31. The van der Waals surface area contributed by atoms with Crippen LogP contribution in [0.4, 0.5) is 10.2 Å². The van der Waals surface area contributed by atoms with Crippen LogP contribution in [0.15, 0.2) is 42.6 Å². The number of nitrogens with two attached hydrogens (primary N) is 1. The van der Waals surface area contributed by atoms with Gasteiger partial charge in [-0.15, -0.1) is 0 Å². The van der Waals surface area contributed by atoms with Crippen LogP contribution in [0.25, 0.3) is 11.3 Å². The van der Waals surface area contributed by atoms with Crippen LogP contribution in [0.2, 0.25) is 0 Å². The van der Waals surface area contributed by atoms with Gasteiger partial charge in [-0.3, -0.25) is 0 Å². The van der Waals surface area contributed by atoms with Crippen LogP contribution in [-0.2, 0) is 6.54 Å². The summed E-state index contributed by atoms with van der Waals surface area (Å²) < 4.78 is 19.5.